The molecule has 134 valence electrons. The second-order valence-electron chi connectivity index (χ2n) is 5.59. The van der Waals surface area contributed by atoms with E-state index in [2.05, 4.69) is 16.0 Å². The molecule has 0 aliphatic carbocycles. The van der Waals surface area contributed by atoms with Gasteiger partial charge in [0.1, 0.15) is 0 Å². The number of amides is 3. The molecule has 1 rings (SSSR count). The molecule has 0 bridgehead atoms. The lowest BCUT2D eigenvalue weighted by atomic mass is 10.1. The number of carbonyl (C=O) groups is 3. The van der Waals surface area contributed by atoms with Crippen molar-refractivity contribution in [2.45, 2.75) is 26.8 Å². The van der Waals surface area contributed by atoms with Crippen LogP contribution in [0.3, 0.4) is 0 Å². The van der Waals surface area contributed by atoms with Crippen LogP contribution in [0.25, 0.3) is 0 Å². The summed E-state index contributed by atoms with van der Waals surface area (Å²) in [5.41, 5.74) is 7.37. The molecular weight excluding hydrogens is 332 g/mol. The summed E-state index contributed by atoms with van der Waals surface area (Å²) < 4.78 is 0. The molecule has 0 fully saturated rings. The predicted octanol–water partition coefficient (Wildman–Crippen LogP) is 0.814. The lowest BCUT2D eigenvalue weighted by molar-refractivity contribution is -0.125. The minimum Gasteiger partial charge on any atom is -0.355 e. The van der Waals surface area contributed by atoms with Gasteiger partial charge in [-0.3, -0.25) is 14.4 Å². The molecule has 1 aromatic carbocycles. The van der Waals surface area contributed by atoms with E-state index in [9.17, 15) is 14.4 Å². The van der Waals surface area contributed by atoms with Gasteiger partial charge in [0.15, 0.2) is 0 Å². The highest BCUT2D eigenvalue weighted by molar-refractivity contribution is 6.00. The fraction of sp³-hybridized carbons (Fsp3) is 0.438. The Kier molecular flexibility index (Phi) is 9.02. The van der Waals surface area contributed by atoms with Crippen LogP contribution in [0.15, 0.2) is 18.2 Å². The average Bonchev–Trinajstić information content (AvgIpc) is 2.52. The third kappa shape index (κ3) is 5.82. The zero-order valence-corrected chi connectivity index (χ0v) is 15.1. The molecule has 0 unspecified atom stereocenters. The molecule has 24 heavy (non-hydrogen) atoms. The first-order chi connectivity index (χ1) is 10.8. The minimum atomic E-state index is -0.652. The molecule has 0 saturated heterocycles. The lowest BCUT2D eigenvalue weighted by Crippen LogP contribution is -2.46. The third-order valence-electron chi connectivity index (χ3n) is 3.52. The van der Waals surface area contributed by atoms with Gasteiger partial charge < -0.3 is 21.7 Å². The van der Waals surface area contributed by atoms with Gasteiger partial charge in [-0.2, -0.15) is 0 Å². The number of nitrogens with two attached hydrogens (primary N) is 1. The zero-order valence-electron chi connectivity index (χ0n) is 14.3. The first-order valence-electron chi connectivity index (χ1n) is 7.42. The molecule has 0 spiro atoms. The second-order valence-corrected chi connectivity index (χ2v) is 5.59. The van der Waals surface area contributed by atoms with Crippen LogP contribution in [0, 0.1) is 12.8 Å². The number of hydrogen-bond acceptors (Lipinski definition) is 4. The lowest BCUT2D eigenvalue weighted by Gasteiger charge is -2.16. The fourth-order valence-corrected chi connectivity index (χ4v) is 1.93. The highest BCUT2D eigenvalue weighted by Gasteiger charge is 2.18. The molecule has 3 amide bonds. The van der Waals surface area contributed by atoms with E-state index in [1.165, 1.54) is 0 Å². The number of rotatable bonds is 6. The van der Waals surface area contributed by atoms with Crippen LogP contribution in [0.4, 0.5) is 5.69 Å². The van der Waals surface area contributed by atoms with E-state index in [-0.39, 0.29) is 42.6 Å². The van der Waals surface area contributed by atoms with Gasteiger partial charge >= 0.3 is 0 Å². The van der Waals surface area contributed by atoms with Gasteiger partial charge in [-0.1, -0.05) is 19.9 Å². The molecule has 0 aliphatic rings. The molecule has 0 aliphatic heterocycles. The van der Waals surface area contributed by atoms with Gasteiger partial charge in [0.25, 0.3) is 5.91 Å². The monoisotopic (exact) mass is 356 g/mol. The summed E-state index contributed by atoms with van der Waals surface area (Å²) in [6.07, 6.45) is 0. The fourth-order valence-electron chi connectivity index (χ4n) is 1.93. The maximum atomic E-state index is 11.9. The summed E-state index contributed by atoms with van der Waals surface area (Å²) >= 11 is 0. The van der Waals surface area contributed by atoms with E-state index >= 15 is 0 Å². The van der Waals surface area contributed by atoms with Crippen LogP contribution >= 0.6 is 12.4 Å². The quantitative estimate of drug-likeness (QED) is 0.604. The van der Waals surface area contributed by atoms with Crippen LogP contribution < -0.4 is 21.7 Å². The molecule has 0 heterocycles. The molecule has 1 aromatic rings. The Labute approximate surface area is 148 Å². The van der Waals surface area contributed by atoms with Gasteiger partial charge in [0.2, 0.25) is 11.8 Å². The Hall–Kier alpha value is -2.12. The number of anilines is 1. The summed E-state index contributed by atoms with van der Waals surface area (Å²) in [5, 5.41) is 7.72. The van der Waals surface area contributed by atoms with Crippen molar-refractivity contribution >= 4 is 35.8 Å². The predicted molar refractivity (Wildman–Crippen MR) is 96.3 cm³/mol. The smallest absolute Gasteiger partial charge is 0.251 e. The van der Waals surface area contributed by atoms with Gasteiger partial charge in [0.05, 0.1) is 12.6 Å². The number of hydrogen-bond donors (Lipinski definition) is 4. The standard InChI is InChI=1S/C16H24N4O3.ClH/c1-9(2)14(17)16(23)19-8-13(21)20-12-7-5-6-11(10(12)3)15(22)18-4;/h5-7,9,14H,8,17H2,1-4H3,(H,18,22)(H,19,23)(H,20,21);1H/t14-;/m0./s1. The largest absolute Gasteiger partial charge is 0.355 e. The molecular formula is C16H25ClN4O3. The Morgan fingerprint density at radius 3 is 2.38 bits per heavy atom. The van der Waals surface area contributed by atoms with Crippen molar-refractivity contribution in [3.63, 3.8) is 0 Å². The summed E-state index contributed by atoms with van der Waals surface area (Å²) in [7, 11) is 1.54. The average molecular weight is 357 g/mol. The summed E-state index contributed by atoms with van der Waals surface area (Å²) in [5.74, 6) is -0.989. The van der Waals surface area contributed by atoms with E-state index in [0.717, 1.165) is 0 Å². The van der Waals surface area contributed by atoms with Gasteiger partial charge in [0, 0.05) is 18.3 Å². The maximum Gasteiger partial charge on any atom is 0.251 e. The van der Waals surface area contributed by atoms with E-state index in [0.29, 0.717) is 16.8 Å². The molecule has 0 radical (unpaired) electrons. The van der Waals surface area contributed by atoms with Crippen LogP contribution in [0.1, 0.15) is 29.8 Å². The topological polar surface area (TPSA) is 113 Å². The van der Waals surface area contributed by atoms with E-state index in [4.69, 9.17) is 5.73 Å². The van der Waals surface area contributed by atoms with Gasteiger partial charge in [-0.15, -0.1) is 12.4 Å². The minimum absolute atomic E-state index is 0. The summed E-state index contributed by atoms with van der Waals surface area (Å²) in [6.45, 7) is 5.23. The van der Waals surface area contributed by atoms with Crippen LogP contribution in [0.5, 0.6) is 0 Å². The molecule has 7 nitrogen and oxygen atoms in total. The SMILES string of the molecule is CNC(=O)c1cccc(NC(=O)CNC(=O)[C@@H](N)C(C)C)c1C.Cl. The third-order valence-corrected chi connectivity index (χ3v) is 3.52. The molecule has 0 saturated carbocycles. The van der Waals surface area contributed by atoms with Crippen LogP contribution in [-0.2, 0) is 9.59 Å². The summed E-state index contributed by atoms with van der Waals surface area (Å²) in [6, 6.07) is 4.40. The highest BCUT2D eigenvalue weighted by Crippen LogP contribution is 2.18. The van der Waals surface area contributed by atoms with Crippen molar-refractivity contribution in [1.29, 1.82) is 0 Å². The Morgan fingerprint density at radius 1 is 1.21 bits per heavy atom. The van der Waals surface area contributed by atoms with Crippen LogP contribution in [-0.4, -0.2) is 37.4 Å². The van der Waals surface area contributed by atoms with Crippen molar-refractivity contribution in [2.75, 3.05) is 18.9 Å². The van der Waals surface area contributed by atoms with Crippen molar-refractivity contribution in [1.82, 2.24) is 10.6 Å². The number of nitrogens with one attached hydrogen (secondary N) is 3. The first kappa shape index (κ1) is 21.9. The normalized spacial score (nSPS) is 11.2. The number of halogens is 1. The second kappa shape index (κ2) is 9.89. The van der Waals surface area contributed by atoms with Gasteiger partial charge in [-0.25, -0.2) is 0 Å². The molecule has 8 heteroatoms. The highest BCUT2D eigenvalue weighted by atomic mass is 35.5. The van der Waals surface area contributed by atoms with Crippen molar-refractivity contribution in [3.8, 4) is 0 Å². The molecule has 5 N–H and O–H groups in total. The molecule has 1 atom stereocenters. The maximum absolute atomic E-state index is 11.9. The first-order valence-corrected chi connectivity index (χ1v) is 7.42. The van der Waals surface area contributed by atoms with Crippen molar-refractivity contribution in [2.24, 2.45) is 11.7 Å². The van der Waals surface area contributed by atoms with Gasteiger partial charge in [-0.05, 0) is 30.5 Å². The number of benzene rings is 1. The van der Waals surface area contributed by atoms with E-state index in [1.807, 2.05) is 13.8 Å². The van der Waals surface area contributed by atoms with Crippen molar-refractivity contribution in [3.05, 3.63) is 29.3 Å². The summed E-state index contributed by atoms with van der Waals surface area (Å²) in [4.78, 5) is 35.4. The zero-order chi connectivity index (χ0) is 17.6. The van der Waals surface area contributed by atoms with Crippen molar-refractivity contribution < 1.29 is 14.4 Å². The number of carbonyl (C=O) groups excluding carboxylic acids is 3. The Bertz CT molecular complexity index is 605. The molecule has 0 aromatic heterocycles. The Balaban J connectivity index is 0.00000529. The Morgan fingerprint density at radius 2 is 1.83 bits per heavy atom. The van der Waals surface area contributed by atoms with E-state index < -0.39 is 6.04 Å². The van der Waals surface area contributed by atoms with Crippen LogP contribution in [0.2, 0.25) is 0 Å². The van der Waals surface area contributed by atoms with E-state index in [1.54, 1.807) is 32.2 Å².